The third-order valence-electron chi connectivity index (χ3n) is 1.53. The van der Waals surface area contributed by atoms with Crippen molar-refractivity contribution in [2.24, 2.45) is 0 Å². The van der Waals surface area contributed by atoms with Gasteiger partial charge in [0.15, 0.2) is 6.29 Å². The number of carbonyl (C=O) groups is 1. The molecular weight excluding hydrogens is 156 g/mol. The molecule has 0 aliphatic heterocycles. The summed E-state index contributed by atoms with van der Waals surface area (Å²) in [4.78, 5) is 14.4. The van der Waals surface area contributed by atoms with Crippen LogP contribution in [0.5, 0.6) is 0 Å². The van der Waals surface area contributed by atoms with Crippen LogP contribution in [0, 0.1) is 0 Å². The van der Waals surface area contributed by atoms with Crippen molar-refractivity contribution in [3.63, 3.8) is 0 Å². The third kappa shape index (κ3) is 0.914. The van der Waals surface area contributed by atoms with Gasteiger partial charge < -0.3 is 0 Å². The van der Waals surface area contributed by atoms with Crippen molar-refractivity contribution in [1.82, 2.24) is 19.7 Å². The van der Waals surface area contributed by atoms with E-state index < -0.39 is 0 Å². The molecular formula is C7H6N4O. The number of nitrogens with one attached hydrogen (secondary N) is 1. The Morgan fingerprint density at radius 3 is 3.17 bits per heavy atom. The van der Waals surface area contributed by atoms with Gasteiger partial charge in [-0.15, -0.1) is 0 Å². The fraction of sp³-hybridized carbons (Fsp3) is 0. The van der Waals surface area contributed by atoms with Crippen LogP contribution in [0.1, 0.15) is 10.5 Å². The molecule has 0 spiro atoms. The Kier molecular flexibility index (Phi) is 1.48. The van der Waals surface area contributed by atoms with E-state index in [0.29, 0.717) is 11.6 Å². The summed E-state index contributed by atoms with van der Waals surface area (Å²) >= 11 is 0. The van der Waals surface area contributed by atoms with Crippen LogP contribution in [0.4, 0.5) is 0 Å². The minimum Gasteiger partial charge on any atom is -0.296 e. The van der Waals surface area contributed by atoms with Crippen molar-refractivity contribution >= 4 is 6.29 Å². The molecule has 2 aromatic rings. The molecule has 0 atom stereocenters. The number of aromatic nitrogens is 4. The van der Waals surface area contributed by atoms with Gasteiger partial charge in [-0.3, -0.25) is 9.36 Å². The van der Waals surface area contributed by atoms with Gasteiger partial charge in [0.05, 0.1) is 5.69 Å². The van der Waals surface area contributed by atoms with E-state index in [0.717, 1.165) is 6.29 Å². The number of aldehydes is 1. The second kappa shape index (κ2) is 2.61. The Bertz CT molecular complexity index is 376. The van der Waals surface area contributed by atoms with E-state index in [1.165, 1.54) is 6.33 Å². The first-order chi connectivity index (χ1) is 5.92. The van der Waals surface area contributed by atoms with E-state index in [1.54, 1.807) is 22.9 Å². The highest BCUT2D eigenvalue weighted by atomic mass is 16.1. The Morgan fingerprint density at radius 1 is 1.58 bits per heavy atom. The van der Waals surface area contributed by atoms with E-state index >= 15 is 0 Å². The van der Waals surface area contributed by atoms with Crippen molar-refractivity contribution in [1.29, 1.82) is 0 Å². The SMILES string of the molecule is O=Cc1cccn1-c1ncn[nH]1. The Morgan fingerprint density at radius 2 is 2.50 bits per heavy atom. The zero-order valence-electron chi connectivity index (χ0n) is 6.14. The second-order valence-electron chi connectivity index (χ2n) is 2.23. The summed E-state index contributed by atoms with van der Waals surface area (Å²) < 4.78 is 1.62. The van der Waals surface area contributed by atoms with Crippen molar-refractivity contribution < 1.29 is 4.79 Å². The zero-order valence-corrected chi connectivity index (χ0v) is 6.14. The molecule has 60 valence electrons. The average Bonchev–Trinajstić information content (AvgIpc) is 2.74. The van der Waals surface area contributed by atoms with Gasteiger partial charge in [0.25, 0.3) is 0 Å². The maximum atomic E-state index is 10.5. The molecule has 0 amide bonds. The molecule has 5 nitrogen and oxygen atoms in total. The van der Waals surface area contributed by atoms with Crippen molar-refractivity contribution in [3.05, 3.63) is 30.4 Å². The van der Waals surface area contributed by atoms with E-state index in [9.17, 15) is 4.79 Å². The van der Waals surface area contributed by atoms with Crippen LogP contribution in [0.15, 0.2) is 24.7 Å². The Balaban J connectivity index is 2.53. The van der Waals surface area contributed by atoms with Crippen molar-refractivity contribution in [2.75, 3.05) is 0 Å². The van der Waals surface area contributed by atoms with Gasteiger partial charge in [0.1, 0.15) is 6.33 Å². The van der Waals surface area contributed by atoms with Gasteiger partial charge in [0.2, 0.25) is 5.95 Å². The Hall–Kier alpha value is -1.91. The number of hydrogen-bond donors (Lipinski definition) is 1. The summed E-state index contributed by atoms with van der Waals surface area (Å²) in [5, 5.41) is 6.34. The van der Waals surface area contributed by atoms with Gasteiger partial charge >= 0.3 is 0 Å². The molecule has 2 heterocycles. The molecule has 0 radical (unpaired) electrons. The van der Waals surface area contributed by atoms with Crippen LogP contribution < -0.4 is 0 Å². The van der Waals surface area contributed by atoms with Gasteiger partial charge in [0, 0.05) is 6.20 Å². The number of H-pyrrole nitrogens is 1. The summed E-state index contributed by atoms with van der Waals surface area (Å²) in [6, 6.07) is 3.47. The molecule has 1 N–H and O–H groups in total. The highest BCUT2D eigenvalue weighted by Gasteiger charge is 2.02. The quantitative estimate of drug-likeness (QED) is 0.650. The predicted octanol–water partition coefficient (Wildman–Crippen LogP) is 0.408. The van der Waals surface area contributed by atoms with Crippen molar-refractivity contribution in [2.45, 2.75) is 0 Å². The van der Waals surface area contributed by atoms with Gasteiger partial charge in [-0.2, -0.15) is 10.1 Å². The minimum atomic E-state index is 0.544. The summed E-state index contributed by atoms with van der Waals surface area (Å²) in [6.07, 6.45) is 3.90. The molecule has 0 aliphatic rings. The van der Waals surface area contributed by atoms with Gasteiger partial charge in [-0.1, -0.05) is 0 Å². The van der Waals surface area contributed by atoms with E-state index in [4.69, 9.17) is 0 Å². The van der Waals surface area contributed by atoms with Crippen LogP contribution >= 0.6 is 0 Å². The summed E-state index contributed by atoms with van der Waals surface area (Å²) in [5.41, 5.74) is 0.548. The van der Waals surface area contributed by atoms with Crippen LogP contribution in [-0.4, -0.2) is 26.0 Å². The molecule has 0 fully saturated rings. The van der Waals surface area contributed by atoms with Gasteiger partial charge in [-0.05, 0) is 12.1 Å². The van der Waals surface area contributed by atoms with E-state index in [1.807, 2.05) is 0 Å². The number of aromatic amines is 1. The second-order valence-corrected chi connectivity index (χ2v) is 2.23. The average molecular weight is 162 g/mol. The van der Waals surface area contributed by atoms with Gasteiger partial charge in [-0.25, -0.2) is 5.10 Å². The molecule has 2 aromatic heterocycles. The molecule has 0 aromatic carbocycles. The number of carbonyl (C=O) groups excluding carboxylic acids is 1. The molecule has 0 aliphatic carbocycles. The molecule has 0 saturated carbocycles. The first-order valence-corrected chi connectivity index (χ1v) is 3.40. The van der Waals surface area contributed by atoms with Crippen LogP contribution in [-0.2, 0) is 0 Å². The van der Waals surface area contributed by atoms with E-state index in [-0.39, 0.29) is 0 Å². The van der Waals surface area contributed by atoms with Crippen LogP contribution in [0.2, 0.25) is 0 Å². The third-order valence-corrected chi connectivity index (χ3v) is 1.53. The van der Waals surface area contributed by atoms with Crippen LogP contribution in [0.3, 0.4) is 0 Å². The number of rotatable bonds is 2. The Labute approximate surface area is 68.1 Å². The predicted molar refractivity (Wildman–Crippen MR) is 41.1 cm³/mol. The largest absolute Gasteiger partial charge is 0.296 e. The van der Waals surface area contributed by atoms with Crippen molar-refractivity contribution in [3.8, 4) is 5.95 Å². The molecule has 2 rings (SSSR count). The summed E-state index contributed by atoms with van der Waals surface area (Å²) in [5.74, 6) is 0.544. The molecule has 12 heavy (non-hydrogen) atoms. The standard InChI is InChI=1S/C7H6N4O/c12-4-6-2-1-3-11(6)7-8-5-9-10-7/h1-5H,(H,8,9,10). The number of hydrogen-bond acceptors (Lipinski definition) is 3. The lowest BCUT2D eigenvalue weighted by Crippen LogP contribution is -1.99. The maximum absolute atomic E-state index is 10.5. The monoisotopic (exact) mass is 162 g/mol. The molecule has 5 heteroatoms. The maximum Gasteiger partial charge on any atom is 0.229 e. The lowest BCUT2D eigenvalue weighted by atomic mass is 10.5. The lowest BCUT2D eigenvalue weighted by molar-refractivity contribution is 0.111. The van der Waals surface area contributed by atoms with E-state index in [2.05, 4.69) is 15.2 Å². The summed E-state index contributed by atoms with van der Waals surface area (Å²) in [6.45, 7) is 0. The first-order valence-electron chi connectivity index (χ1n) is 3.40. The van der Waals surface area contributed by atoms with Crippen LogP contribution in [0.25, 0.3) is 5.95 Å². The molecule has 0 saturated heterocycles. The zero-order chi connectivity index (χ0) is 8.39. The highest BCUT2D eigenvalue weighted by Crippen LogP contribution is 2.04. The highest BCUT2D eigenvalue weighted by molar-refractivity contribution is 5.73. The summed E-state index contributed by atoms with van der Waals surface area (Å²) in [7, 11) is 0. The fourth-order valence-electron chi connectivity index (χ4n) is 0.998. The topological polar surface area (TPSA) is 63.6 Å². The molecule has 0 unspecified atom stereocenters. The lowest BCUT2D eigenvalue weighted by Gasteiger charge is -1.96. The minimum absolute atomic E-state index is 0.544. The molecule has 0 bridgehead atoms. The normalized spacial score (nSPS) is 10.0. The fourth-order valence-corrected chi connectivity index (χ4v) is 0.998. The first kappa shape index (κ1) is 6.78. The number of nitrogens with zero attached hydrogens (tertiary/aromatic N) is 3. The smallest absolute Gasteiger partial charge is 0.229 e.